The minimum Gasteiger partial charge on any atom is -0.372 e. The Balaban J connectivity index is 0.00000107. The predicted molar refractivity (Wildman–Crippen MR) is 123 cm³/mol. The molecule has 0 fully saturated rings. The zero-order valence-electron chi connectivity index (χ0n) is 18.9. The number of rotatable bonds is 8. The second kappa shape index (κ2) is 11.3. The number of aromatic nitrogens is 1. The zero-order chi connectivity index (χ0) is 23.0. The molecule has 7 nitrogen and oxygen atoms in total. The van der Waals surface area contributed by atoms with Gasteiger partial charge in [0.15, 0.2) is 0 Å². The molecule has 0 bridgehead atoms. The molecule has 168 valence electrons. The molecule has 0 saturated heterocycles. The molecule has 1 aromatic heterocycles. The Hall–Kier alpha value is -3.09. The van der Waals surface area contributed by atoms with E-state index in [4.69, 9.17) is 4.79 Å². The highest BCUT2D eigenvalue weighted by atomic mass is 16.2. The number of primary amides is 1. The largest absolute Gasteiger partial charge is 0.372 e. The summed E-state index contributed by atoms with van der Waals surface area (Å²) in [5.41, 5.74) is 10.7. The first-order chi connectivity index (χ1) is 14.8. The van der Waals surface area contributed by atoms with E-state index in [0.29, 0.717) is 18.5 Å². The van der Waals surface area contributed by atoms with E-state index in [1.807, 2.05) is 39.0 Å². The molecule has 31 heavy (non-hydrogen) atoms. The van der Waals surface area contributed by atoms with Crippen LogP contribution in [0.1, 0.15) is 77.0 Å². The van der Waals surface area contributed by atoms with Gasteiger partial charge in [0.05, 0.1) is 11.5 Å². The van der Waals surface area contributed by atoms with Gasteiger partial charge in [-0.25, -0.2) is 0 Å². The summed E-state index contributed by atoms with van der Waals surface area (Å²) in [6, 6.07) is 5.95. The number of amides is 3. The van der Waals surface area contributed by atoms with Crippen molar-refractivity contribution in [2.75, 3.05) is 11.9 Å². The number of aryl methyl sites for hydroxylation is 2. The zero-order valence-corrected chi connectivity index (χ0v) is 18.9. The van der Waals surface area contributed by atoms with Gasteiger partial charge < -0.3 is 21.4 Å². The highest BCUT2D eigenvalue weighted by Gasteiger charge is 2.33. The number of carbonyl (C=O) groups is 3. The fourth-order valence-electron chi connectivity index (χ4n) is 4.20. The van der Waals surface area contributed by atoms with Gasteiger partial charge in [0.25, 0.3) is 5.91 Å². The number of carbonyl (C=O) groups excluding carboxylic acids is 3. The van der Waals surface area contributed by atoms with Crippen molar-refractivity contribution in [1.82, 2.24) is 10.3 Å². The van der Waals surface area contributed by atoms with Crippen LogP contribution in [0, 0.1) is 20.8 Å². The molecule has 0 spiro atoms. The summed E-state index contributed by atoms with van der Waals surface area (Å²) in [4.78, 5) is 37.2. The van der Waals surface area contributed by atoms with Gasteiger partial charge in [-0.3, -0.25) is 14.4 Å². The molecule has 1 atom stereocenters. The van der Waals surface area contributed by atoms with E-state index in [1.54, 1.807) is 0 Å². The monoisotopic (exact) mass is 426 g/mol. The predicted octanol–water partition coefficient (Wildman–Crippen LogP) is 3.63. The van der Waals surface area contributed by atoms with Crippen molar-refractivity contribution in [3.8, 4) is 0 Å². The molecule has 0 saturated carbocycles. The molecule has 1 unspecified atom stereocenters. The average Bonchev–Trinajstić information content (AvgIpc) is 3.18. The van der Waals surface area contributed by atoms with E-state index in [2.05, 4.69) is 28.3 Å². The number of fused-ring (bicyclic) bond motifs is 1. The van der Waals surface area contributed by atoms with Crippen molar-refractivity contribution in [3.63, 3.8) is 0 Å². The van der Waals surface area contributed by atoms with Crippen molar-refractivity contribution in [1.29, 1.82) is 0 Å². The van der Waals surface area contributed by atoms with Crippen molar-refractivity contribution in [2.45, 2.75) is 65.7 Å². The summed E-state index contributed by atoms with van der Waals surface area (Å²) in [6.45, 7) is 8.82. The number of benzene rings is 1. The molecular formula is C24H34N4O3. The molecule has 2 heterocycles. The second-order valence-corrected chi connectivity index (χ2v) is 7.96. The Morgan fingerprint density at radius 3 is 2.58 bits per heavy atom. The normalized spacial score (nSPS) is 14.3. The fourth-order valence-corrected chi connectivity index (χ4v) is 4.20. The third-order valence-corrected chi connectivity index (χ3v) is 5.74. The van der Waals surface area contributed by atoms with E-state index < -0.39 is 0 Å². The van der Waals surface area contributed by atoms with Crippen LogP contribution in [0.3, 0.4) is 0 Å². The third-order valence-electron chi connectivity index (χ3n) is 5.74. The summed E-state index contributed by atoms with van der Waals surface area (Å²) >= 11 is 0. The first-order valence-electron chi connectivity index (χ1n) is 10.9. The lowest BCUT2D eigenvalue weighted by molar-refractivity contribution is -0.117. The number of nitrogens with two attached hydrogens (primary N) is 1. The summed E-state index contributed by atoms with van der Waals surface area (Å²) in [6.07, 6.45) is 5.35. The molecule has 5 N–H and O–H groups in total. The minimum absolute atomic E-state index is 0.0258. The van der Waals surface area contributed by atoms with Crippen LogP contribution in [-0.2, 0) is 16.0 Å². The van der Waals surface area contributed by atoms with Gasteiger partial charge in [0.2, 0.25) is 12.3 Å². The maximum absolute atomic E-state index is 12.7. The summed E-state index contributed by atoms with van der Waals surface area (Å²) in [5.74, 6) is -0.225. The molecule has 1 aromatic carbocycles. The quantitative estimate of drug-likeness (QED) is 0.381. The smallest absolute Gasteiger partial charge is 0.253 e. The van der Waals surface area contributed by atoms with Crippen LogP contribution in [0.4, 0.5) is 5.69 Å². The first-order valence-corrected chi connectivity index (χ1v) is 10.9. The second-order valence-electron chi connectivity index (χ2n) is 7.96. The molecule has 1 aliphatic rings. The Morgan fingerprint density at radius 1 is 1.19 bits per heavy atom. The minimum atomic E-state index is -0.224. The van der Waals surface area contributed by atoms with Crippen molar-refractivity contribution >= 4 is 23.9 Å². The molecule has 3 amide bonds. The molecule has 7 heteroatoms. The topological polar surface area (TPSA) is 117 Å². The van der Waals surface area contributed by atoms with Gasteiger partial charge in [-0.15, -0.1) is 0 Å². The maximum atomic E-state index is 12.7. The highest BCUT2D eigenvalue weighted by molar-refractivity contribution is 6.03. The van der Waals surface area contributed by atoms with Crippen LogP contribution in [0.15, 0.2) is 18.2 Å². The van der Waals surface area contributed by atoms with Crippen LogP contribution in [0.2, 0.25) is 0 Å². The van der Waals surface area contributed by atoms with Crippen LogP contribution >= 0.6 is 0 Å². The maximum Gasteiger partial charge on any atom is 0.253 e. The van der Waals surface area contributed by atoms with Crippen LogP contribution in [0.5, 0.6) is 0 Å². The molecular weight excluding hydrogens is 392 g/mol. The van der Waals surface area contributed by atoms with E-state index in [0.717, 1.165) is 46.6 Å². The van der Waals surface area contributed by atoms with Crippen molar-refractivity contribution in [2.24, 2.45) is 5.73 Å². The Bertz CT molecular complexity index is 933. The number of aromatic amines is 1. The molecule has 0 radical (unpaired) electrons. The average molecular weight is 427 g/mol. The van der Waals surface area contributed by atoms with Gasteiger partial charge in [-0.2, -0.15) is 0 Å². The lowest BCUT2D eigenvalue weighted by atomic mass is 9.91. The Kier molecular flexibility index (Phi) is 8.85. The van der Waals surface area contributed by atoms with E-state index in [1.165, 1.54) is 12.8 Å². The summed E-state index contributed by atoms with van der Waals surface area (Å²) < 4.78 is 0. The van der Waals surface area contributed by atoms with Gasteiger partial charge in [-0.1, -0.05) is 38.3 Å². The Labute approximate surface area is 184 Å². The third kappa shape index (κ3) is 5.75. The summed E-state index contributed by atoms with van der Waals surface area (Å²) in [5, 5.41) is 6.03. The van der Waals surface area contributed by atoms with Gasteiger partial charge in [-0.05, 0) is 49.9 Å². The van der Waals surface area contributed by atoms with E-state index in [9.17, 15) is 9.59 Å². The van der Waals surface area contributed by atoms with Crippen LogP contribution < -0.4 is 16.4 Å². The van der Waals surface area contributed by atoms with E-state index in [-0.39, 0.29) is 24.1 Å². The van der Waals surface area contributed by atoms with Crippen molar-refractivity contribution < 1.29 is 14.4 Å². The van der Waals surface area contributed by atoms with Crippen LogP contribution in [-0.4, -0.2) is 29.8 Å². The molecule has 3 rings (SSSR count). The standard InChI is InChI=1S/C23H31N3O2.CH3NO/c1-5-6-7-8-12-24-23(28)21-15(3)19(25-16(21)4)13-17-20-14(2)10-9-11-18(20)26-22(17)27;2-1-3/h9-11,17,25H,5-8,12-13H2,1-4H3,(H,24,28)(H,26,27);1H,(H2,2,3). The van der Waals surface area contributed by atoms with Crippen molar-refractivity contribution in [3.05, 3.63) is 51.8 Å². The lowest BCUT2D eigenvalue weighted by Crippen LogP contribution is -2.25. The number of nitrogens with one attached hydrogen (secondary N) is 3. The number of H-pyrrole nitrogens is 1. The Morgan fingerprint density at radius 2 is 1.90 bits per heavy atom. The molecule has 1 aliphatic heterocycles. The van der Waals surface area contributed by atoms with Crippen LogP contribution in [0.25, 0.3) is 0 Å². The molecule has 0 aliphatic carbocycles. The number of unbranched alkanes of at least 4 members (excludes halogenated alkanes) is 3. The SMILES string of the molecule is CCCCCCNC(=O)c1c(C)[nH]c(CC2C(=O)Nc3cccc(C)c32)c1C.NC=O. The first kappa shape index (κ1) is 24.2. The number of hydrogen-bond acceptors (Lipinski definition) is 3. The lowest BCUT2D eigenvalue weighted by Gasteiger charge is -2.11. The van der Waals surface area contributed by atoms with Gasteiger partial charge in [0.1, 0.15) is 0 Å². The van der Waals surface area contributed by atoms with Gasteiger partial charge >= 0.3 is 0 Å². The summed E-state index contributed by atoms with van der Waals surface area (Å²) in [7, 11) is 0. The molecule has 2 aromatic rings. The number of hydrogen-bond donors (Lipinski definition) is 4. The highest BCUT2D eigenvalue weighted by Crippen LogP contribution is 2.37. The van der Waals surface area contributed by atoms with E-state index >= 15 is 0 Å². The van der Waals surface area contributed by atoms with Gasteiger partial charge in [0, 0.05) is 30.0 Å². The number of anilines is 1. The fraction of sp³-hybridized carbons (Fsp3) is 0.458.